The maximum atomic E-state index is 12.1. The molecule has 1 aromatic heterocycles. The second kappa shape index (κ2) is 5.71. The fourth-order valence-corrected chi connectivity index (χ4v) is 1.96. The zero-order valence-electron chi connectivity index (χ0n) is 10.2. The Morgan fingerprint density at radius 1 is 1.42 bits per heavy atom. The van der Waals surface area contributed by atoms with Crippen molar-refractivity contribution in [2.45, 2.75) is 0 Å². The topological polar surface area (TPSA) is 77.2 Å². The van der Waals surface area contributed by atoms with Crippen LogP contribution in [0.2, 0.25) is 0 Å². The standard InChI is InChI=1S/C13H12BrN3O2/c1-19-13-11(3-2-6-16-13)17-12(18)9-5-4-8(14)7-10(9)15/h2-7H,15H2,1H3,(H,17,18). The van der Waals surface area contributed by atoms with E-state index in [1.165, 1.54) is 7.11 Å². The van der Waals surface area contributed by atoms with Crippen LogP contribution in [-0.2, 0) is 0 Å². The fraction of sp³-hybridized carbons (Fsp3) is 0.0769. The van der Waals surface area contributed by atoms with E-state index in [2.05, 4.69) is 26.2 Å². The Labute approximate surface area is 118 Å². The molecule has 3 N–H and O–H groups in total. The van der Waals surface area contributed by atoms with Gasteiger partial charge in [-0.15, -0.1) is 0 Å². The first-order chi connectivity index (χ1) is 9.11. The van der Waals surface area contributed by atoms with E-state index in [4.69, 9.17) is 10.5 Å². The molecule has 0 saturated heterocycles. The third-order valence-corrected chi connectivity index (χ3v) is 2.96. The molecule has 2 aromatic rings. The highest BCUT2D eigenvalue weighted by Crippen LogP contribution is 2.23. The summed E-state index contributed by atoms with van der Waals surface area (Å²) in [6.07, 6.45) is 1.59. The Kier molecular flexibility index (Phi) is 4.01. The largest absolute Gasteiger partial charge is 0.480 e. The van der Waals surface area contributed by atoms with E-state index in [-0.39, 0.29) is 5.91 Å². The summed E-state index contributed by atoms with van der Waals surface area (Å²) in [5, 5.41) is 2.72. The van der Waals surface area contributed by atoms with Gasteiger partial charge in [0, 0.05) is 16.4 Å². The molecule has 0 bridgehead atoms. The summed E-state index contributed by atoms with van der Waals surface area (Å²) in [5.41, 5.74) is 7.10. The molecular weight excluding hydrogens is 310 g/mol. The SMILES string of the molecule is COc1ncccc1NC(=O)c1ccc(Br)cc1N. The van der Waals surface area contributed by atoms with Crippen molar-refractivity contribution in [2.24, 2.45) is 0 Å². The van der Waals surface area contributed by atoms with Crippen LogP contribution in [0, 0.1) is 0 Å². The molecule has 5 nitrogen and oxygen atoms in total. The zero-order valence-corrected chi connectivity index (χ0v) is 11.8. The predicted molar refractivity (Wildman–Crippen MR) is 77.3 cm³/mol. The first-order valence-electron chi connectivity index (χ1n) is 5.47. The van der Waals surface area contributed by atoms with Gasteiger partial charge in [-0.3, -0.25) is 4.79 Å². The molecule has 0 aliphatic heterocycles. The number of benzene rings is 1. The number of anilines is 2. The number of nitrogens with zero attached hydrogens (tertiary/aromatic N) is 1. The van der Waals surface area contributed by atoms with Crippen LogP contribution in [0.4, 0.5) is 11.4 Å². The average molecular weight is 322 g/mol. The summed E-state index contributed by atoms with van der Waals surface area (Å²) in [5.74, 6) is 0.0443. The molecule has 2 rings (SSSR count). The molecule has 0 saturated carbocycles. The predicted octanol–water partition coefficient (Wildman–Crippen LogP) is 2.69. The molecule has 0 unspecified atom stereocenters. The van der Waals surface area contributed by atoms with Crippen molar-refractivity contribution in [3.63, 3.8) is 0 Å². The molecule has 0 fully saturated rings. The van der Waals surface area contributed by atoms with Gasteiger partial charge in [-0.1, -0.05) is 15.9 Å². The van der Waals surface area contributed by atoms with Crippen LogP contribution in [0.1, 0.15) is 10.4 Å². The van der Waals surface area contributed by atoms with Gasteiger partial charge in [0.25, 0.3) is 5.91 Å². The van der Waals surface area contributed by atoms with E-state index in [0.29, 0.717) is 22.8 Å². The van der Waals surface area contributed by atoms with Crippen LogP contribution in [0.25, 0.3) is 0 Å². The van der Waals surface area contributed by atoms with Crippen molar-refractivity contribution in [1.82, 2.24) is 4.98 Å². The molecule has 0 atom stereocenters. The fourth-order valence-electron chi connectivity index (χ4n) is 1.58. The zero-order chi connectivity index (χ0) is 13.8. The van der Waals surface area contributed by atoms with Crippen molar-refractivity contribution < 1.29 is 9.53 Å². The monoisotopic (exact) mass is 321 g/mol. The molecule has 1 amide bonds. The molecule has 1 aromatic carbocycles. The van der Waals surface area contributed by atoms with Crippen molar-refractivity contribution >= 4 is 33.2 Å². The second-order valence-corrected chi connectivity index (χ2v) is 4.66. The number of aromatic nitrogens is 1. The second-order valence-electron chi connectivity index (χ2n) is 3.75. The lowest BCUT2D eigenvalue weighted by Gasteiger charge is -2.10. The molecule has 19 heavy (non-hydrogen) atoms. The summed E-state index contributed by atoms with van der Waals surface area (Å²) in [6, 6.07) is 8.50. The lowest BCUT2D eigenvalue weighted by molar-refractivity contribution is 0.102. The lowest BCUT2D eigenvalue weighted by atomic mass is 10.1. The third kappa shape index (κ3) is 3.03. The molecule has 0 aliphatic rings. The highest BCUT2D eigenvalue weighted by molar-refractivity contribution is 9.10. The molecule has 98 valence electrons. The van der Waals surface area contributed by atoms with E-state index in [1.807, 2.05) is 0 Å². The maximum absolute atomic E-state index is 12.1. The minimum absolute atomic E-state index is 0.309. The minimum Gasteiger partial charge on any atom is -0.480 e. The van der Waals surface area contributed by atoms with Crippen molar-refractivity contribution in [3.8, 4) is 5.88 Å². The van der Waals surface area contributed by atoms with E-state index in [0.717, 1.165) is 4.47 Å². The Morgan fingerprint density at radius 2 is 2.21 bits per heavy atom. The number of hydrogen-bond donors (Lipinski definition) is 2. The average Bonchev–Trinajstić information content (AvgIpc) is 2.39. The number of amides is 1. The number of pyridine rings is 1. The molecular formula is C13H12BrN3O2. The lowest BCUT2D eigenvalue weighted by Crippen LogP contribution is -2.14. The molecule has 0 spiro atoms. The molecule has 0 radical (unpaired) electrons. The Morgan fingerprint density at radius 3 is 2.89 bits per heavy atom. The normalized spacial score (nSPS) is 10.0. The molecule has 0 aliphatic carbocycles. The van der Waals surface area contributed by atoms with Gasteiger partial charge >= 0.3 is 0 Å². The third-order valence-electron chi connectivity index (χ3n) is 2.47. The summed E-state index contributed by atoms with van der Waals surface area (Å²) in [7, 11) is 1.49. The van der Waals surface area contributed by atoms with Crippen molar-refractivity contribution in [3.05, 3.63) is 46.6 Å². The van der Waals surface area contributed by atoms with Gasteiger partial charge in [0.1, 0.15) is 5.69 Å². The highest BCUT2D eigenvalue weighted by atomic mass is 79.9. The Hall–Kier alpha value is -2.08. The number of hydrogen-bond acceptors (Lipinski definition) is 4. The van der Waals surface area contributed by atoms with Gasteiger partial charge in [0.05, 0.1) is 12.7 Å². The van der Waals surface area contributed by atoms with Gasteiger partial charge in [-0.25, -0.2) is 4.98 Å². The molecule has 1 heterocycles. The van der Waals surface area contributed by atoms with E-state index >= 15 is 0 Å². The van der Waals surface area contributed by atoms with Crippen molar-refractivity contribution in [2.75, 3.05) is 18.2 Å². The molecule has 6 heteroatoms. The highest BCUT2D eigenvalue weighted by Gasteiger charge is 2.12. The van der Waals surface area contributed by atoms with Gasteiger partial charge in [-0.2, -0.15) is 0 Å². The summed E-state index contributed by atoms with van der Waals surface area (Å²) in [6.45, 7) is 0. The first kappa shape index (κ1) is 13.4. The summed E-state index contributed by atoms with van der Waals surface area (Å²) < 4.78 is 5.89. The Bertz CT molecular complexity index is 617. The number of nitrogens with two attached hydrogens (primary N) is 1. The van der Waals surface area contributed by atoms with Gasteiger partial charge in [0.2, 0.25) is 5.88 Å². The van der Waals surface area contributed by atoms with Crippen LogP contribution in [-0.4, -0.2) is 18.0 Å². The number of carbonyl (C=O) groups is 1. The number of halogens is 1. The number of methoxy groups -OCH3 is 1. The van der Waals surface area contributed by atoms with E-state index < -0.39 is 0 Å². The van der Waals surface area contributed by atoms with Gasteiger partial charge < -0.3 is 15.8 Å². The first-order valence-corrected chi connectivity index (χ1v) is 6.26. The van der Waals surface area contributed by atoms with Crippen LogP contribution in [0.3, 0.4) is 0 Å². The number of nitrogens with one attached hydrogen (secondary N) is 1. The van der Waals surface area contributed by atoms with Crippen LogP contribution in [0.15, 0.2) is 41.0 Å². The van der Waals surface area contributed by atoms with E-state index in [1.54, 1.807) is 36.5 Å². The quantitative estimate of drug-likeness (QED) is 0.852. The summed E-state index contributed by atoms with van der Waals surface area (Å²) >= 11 is 3.29. The van der Waals surface area contributed by atoms with Crippen LogP contribution >= 0.6 is 15.9 Å². The number of ether oxygens (including phenoxy) is 1. The van der Waals surface area contributed by atoms with Gasteiger partial charge in [-0.05, 0) is 30.3 Å². The smallest absolute Gasteiger partial charge is 0.257 e. The Balaban J connectivity index is 2.26. The van der Waals surface area contributed by atoms with Crippen LogP contribution < -0.4 is 15.8 Å². The maximum Gasteiger partial charge on any atom is 0.257 e. The van der Waals surface area contributed by atoms with E-state index in [9.17, 15) is 4.79 Å². The van der Waals surface area contributed by atoms with Crippen LogP contribution in [0.5, 0.6) is 5.88 Å². The van der Waals surface area contributed by atoms with Gasteiger partial charge in [0.15, 0.2) is 0 Å². The minimum atomic E-state index is -0.309. The number of rotatable bonds is 3. The summed E-state index contributed by atoms with van der Waals surface area (Å²) in [4.78, 5) is 16.1. The number of nitrogen functional groups attached to an aromatic ring is 1. The van der Waals surface area contributed by atoms with Crippen molar-refractivity contribution in [1.29, 1.82) is 0 Å². The number of carbonyl (C=O) groups excluding carboxylic acids is 1.